The molecule has 0 aliphatic rings. The summed E-state index contributed by atoms with van der Waals surface area (Å²) in [6, 6.07) is 12.1. The van der Waals surface area contributed by atoms with E-state index < -0.39 is 0 Å². The third-order valence-corrected chi connectivity index (χ3v) is 3.69. The van der Waals surface area contributed by atoms with Crippen LogP contribution in [0.15, 0.2) is 42.5 Å². The van der Waals surface area contributed by atoms with Crippen LogP contribution in [0, 0.1) is 5.82 Å². The van der Waals surface area contributed by atoms with Crippen molar-refractivity contribution in [1.82, 2.24) is 10.6 Å². The zero-order valence-electron chi connectivity index (χ0n) is 13.2. The van der Waals surface area contributed by atoms with E-state index in [-0.39, 0.29) is 12.4 Å². The van der Waals surface area contributed by atoms with Gasteiger partial charge in [-0.2, -0.15) is 0 Å². The van der Waals surface area contributed by atoms with E-state index in [1.165, 1.54) is 6.07 Å². The van der Waals surface area contributed by atoms with Gasteiger partial charge in [-0.1, -0.05) is 29.8 Å². The lowest BCUT2D eigenvalue weighted by atomic mass is 10.2. The van der Waals surface area contributed by atoms with Gasteiger partial charge in [0, 0.05) is 22.7 Å². The summed E-state index contributed by atoms with van der Waals surface area (Å²) in [5.74, 6) is 0.465. The molecule has 0 atom stereocenters. The fourth-order valence-corrected chi connectivity index (χ4v) is 2.41. The Labute approximate surface area is 141 Å². The van der Waals surface area contributed by atoms with Crippen molar-refractivity contribution in [1.29, 1.82) is 0 Å². The number of hydrogen-bond acceptors (Lipinski definition) is 3. The highest BCUT2D eigenvalue weighted by atomic mass is 35.5. The van der Waals surface area contributed by atoms with E-state index in [0.717, 1.165) is 30.8 Å². The summed E-state index contributed by atoms with van der Waals surface area (Å²) in [5, 5.41) is 7.13. The smallest absolute Gasteiger partial charge is 0.129 e. The number of nitrogens with one attached hydrogen (secondary N) is 2. The minimum absolute atomic E-state index is 0.195. The lowest BCUT2D eigenvalue weighted by Gasteiger charge is -2.13. The van der Waals surface area contributed by atoms with Gasteiger partial charge in [0.25, 0.3) is 0 Å². The van der Waals surface area contributed by atoms with E-state index in [9.17, 15) is 4.39 Å². The molecule has 23 heavy (non-hydrogen) atoms. The van der Waals surface area contributed by atoms with Crippen LogP contribution in [-0.2, 0) is 13.2 Å². The van der Waals surface area contributed by atoms with Crippen LogP contribution in [0.3, 0.4) is 0 Å². The molecule has 0 aliphatic carbocycles. The van der Waals surface area contributed by atoms with Crippen LogP contribution in [0.25, 0.3) is 0 Å². The first-order valence-electron chi connectivity index (χ1n) is 7.70. The van der Waals surface area contributed by atoms with Gasteiger partial charge in [0.1, 0.15) is 18.2 Å². The van der Waals surface area contributed by atoms with Crippen molar-refractivity contribution in [2.75, 3.05) is 20.1 Å². The van der Waals surface area contributed by atoms with Gasteiger partial charge in [0.15, 0.2) is 0 Å². The Morgan fingerprint density at radius 2 is 1.91 bits per heavy atom. The molecule has 0 heterocycles. The Morgan fingerprint density at radius 3 is 2.70 bits per heavy atom. The summed E-state index contributed by atoms with van der Waals surface area (Å²) in [5.41, 5.74) is 1.51. The van der Waals surface area contributed by atoms with Gasteiger partial charge in [-0.05, 0) is 50.8 Å². The summed E-state index contributed by atoms with van der Waals surface area (Å²) in [6.45, 7) is 2.73. The summed E-state index contributed by atoms with van der Waals surface area (Å²) in [4.78, 5) is 0. The molecule has 2 rings (SSSR count). The molecule has 2 aromatic carbocycles. The Morgan fingerprint density at radius 1 is 1.09 bits per heavy atom. The molecule has 0 aromatic heterocycles. The van der Waals surface area contributed by atoms with Gasteiger partial charge < -0.3 is 15.4 Å². The molecule has 2 aromatic rings. The first kappa shape index (κ1) is 17.7. The Balaban J connectivity index is 1.96. The predicted octanol–water partition coefficient (Wildman–Crippen LogP) is 3.76. The monoisotopic (exact) mass is 336 g/mol. The maximum atomic E-state index is 13.7. The molecule has 3 nitrogen and oxygen atoms in total. The molecule has 0 unspecified atom stereocenters. The average molecular weight is 337 g/mol. The summed E-state index contributed by atoms with van der Waals surface area (Å²) in [7, 11) is 1.94. The highest BCUT2D eigenvalue weighted by Gasteiger charge is 2.07. The molecular formula is C18H22ClFN2O. The predicted molar refractivity (Wildman–Crippen MR) is 92.4 cm³/mol. The minimum atomic E-state index is -0.256. The second-order valence-electron chi connectivity index (χ2n) is 5.27. The number of hydrogen-bond donors (Lipinski definition) is 2. The lowest BCUT2D eigenvalue weighted by Crippen LogP contribution is -2.19. The zero-order chi connectivity index (χ0) is 16.5. The average Bonchev–Trinajstić information content (AvgIpc) is 2.55. The second-order valence-corrected chi connectivity index (χ2v) is 5.70. The van der Waals surface area contributed by atoms with E-state index in [1.54, 1.807) is 24.3 Å². The first-order valence-corrected chi connectivity index (χ1v) is 8.08. The van der Waals surface area contributed by atoms with Crippen LogP contribution >= 0.6 is 11.6 Å². The Kier molecular flexibility index (Phi) is 7.33. The lowest BCUT2D eigenvalue weighted by molar-refractivity contribution is 0.296. The quantitative estimate of drug-likeness (QED) is 0.684. The molecule has 2 N–H and O–H groups in total. The van der Waals surface area contributed by atoms with Crippen LogP contribution in [0.5, 0.6) is 5.75 Å². The first-order chi connectivity index (χ1) is 11.2. The van der Waals surface area contributed by atoms with Crippen LogP contribution in [-0.4, -0.2) is 20.1 Å². The zero-order valence-corrected chi connectivity index (χ0v) is 14.0. The van der Waals surface area contributed by atoms with Gasteiger partial charge in [0.05, 0.1) is 0 Å². The molecule has 0 amide bonds. The van der Waals surface area contributed by atoms with Crippen molar-refractivity contribution >= 4 is 11.6 Å². The molecule has 0 radical (unpaired) electrons. The van der Waals surface area contributed by atoms with Crippen molar-refractivity contribution in [2.24, 2.45) is 0 Å². The number of rotatable bonds is 9. The van der Waals surface area contributed by atoms with E-state index in [1.807, 2.05) is 19.2 Å². The fraction of sp³-hybridized carbons (Fsp3) is 0.333. The SMILES string of the molecule is CNCCCNCc1cc(Cl)ccc1OCc1ccccc1F. The molecular weight excluding hydrogens is 315 g/mol. The molecule has 0 spiro atoms. The fourth-order valence-electron chi connectivity index (χ4n) is 2.21. The van der Waals surface area contributed by atoms with Crippen LogP contribution in [0.4, 0.5) is 4.39 Å². The highest BCUT2D eigenvalue weighted by Crippen LogP contribution is 2.24. The molecule has 0 fully saturated rings. The topological polar surface area (TPSA) is 33.3 Å². The largest absolute Gasteiger partial charge is 0.488 e. The van der Waals surface area contributed by atoms with Crippen molar-refractivity contribution in [3.63, 3.8) is 0 Å². The molecule has 0 saturated heterocycles. The van der Waals surface area contributed by atoms with Crippen molar-refractivity contribution in [3.8, 4) is 5.75 Å². The van der Waals surface area contributed by atoms with Gasteiger partial charge in [-0.25, -0.2) is 4.39 Å². The Hall–Kier alpha value is -1.62. The standard InChI is InChI=1S/C18H22ClFN2O/c1-21-9-4-10-22-12-15-11-16(19)7-8-18(15)23-13-14-5-2-3-6-17(14)20/h2-3,5-8,11,21-22H,4,9-10,12-13H2,1H3. The maximum Gasteiger partial charge on any atom is 0.129 e. The van der Waals surface area contributed by atoms with Crippen molar-refractivity contribution < 1.29 is 9.13 Å². The summed E-state index contributed by atoms with van der Waals surface area (Å²) < 4.78 is 19.4. The molecule has 0 aliphatic heterocycles. The van der Waals surface area contributed by atoms with E-state index in [0.29, 0.717) is 17.1 Å². The third-order valence-electron chi connectivity index (χ3n) is 3.46. The van der Waals surface area contributed by atoms with Gasteiger partial charge in [-0.15, -0.1) is 0 Å². The molecule has 5 heteroatoms. The van der Waals surface area contributed by atoms with Gasteiger partial charge in [0.2, 0.25) is 0 Å². The van der Waals surface area contributed by atoms with Crippen LogP contribution in [0.2, 0.25) is 5.02 Å². The molecule has 0 saturated carbocycles. The van der Waals surface area contributed by atoms with Crippen molar-refractivity contribution in [2.45, 2.75) is 19.6 Å². The molecule has 0 bridgehead atoms. The normalized spacial score (nSPS) is 10.7. The van der Waals surface area contributed by atoms with Crippen LogP contribution < -0.4 is 15.4 Å². The van der Waals surface area contributed by atoms with Gasteiger partial charge >= 0.3 is 0 Å². The highest BCUT2D eigenvalue weighted by molar-refractivity contribution is 6.30. The number of halogens is 2. The second kappa shape index (κ2) is 9.50. The number of ether oxygens (including phenoxy) is 1. The maximum absolute atomic E-state index is 13.7. The van der Waals surface area contributed by atoms with Gasteiger partial charge in [-0.3, -0.25) is 0 Å². The summed E-state index contributed by atoms with van der Waals surface area (Å²) in [6.07, 6.45) is 1.04. The minimum Gasteiger partial charge on any atom is -0.488 e. The van der Waals surface area contributed by atoms with E-state index in [4.69, 9.17) is 16.3 Å². The molecule has 124 valence electrons. The van der Waals surface area contributed by atoms with E-state index >= 15 is 0 Å². The van der Waals surface area contributed by atoms with Crippen molar-refractivity contribution in [3.05, 3.63) is 64.4 Å². The Bertz CT molecular complexity index is 622. The number of benzene rings is 2. The summed E-state index contributed by atoms with van der Waals surface area (Å²) >= 11 is 6.07. The third kappa shape index (κ3) is 5.82. The van der Waals surface area contributed by atoms with Crippen LogP contribution in [0.1, 0.15) is 17.5 Å². The van der Waals surface area contributed by atoms with E-state index in [2.05, 4.69) is 10.6 Å².